The predicted octanol–water partition coefficient (Wildman–Crippen LogP) is 21.0. The first kappa shape index (κ1) is 66.3. The van der Waals surface area contributed by atoms with E-state index in [-0.39, 0.29) is 25.1 Å². The molecule has 0 aliphatic carbocycles. The highest BCUT2D eigenvalue weighted by Gasteiger charge is 2.40. The second-order valence-electron chi connectivity index (χ2n) is 22.3. The molecule has 0 heterocycles. The summed E-state index contributed by atoms with van der Waals surface area (Å²) in [5.74, 6) is 3.63. The Morgan fingerprint density at radius 3 is 0.577 bits per heavy atom. The van der Waals surface area contributed by atoms with Gasteiger partial charge in [-0.1, -0.05) is 194 Å². The van der Waals surface area contributed by atoms with Gasteiger partial charge < -0.3 is 57.5 Å². The van der Waals surface area contributed by atoms with Gasteiger partial charge in [0.05, 0.1) is 5.41 Å². The Kier molecular flexibility index (Phi) is 21.3. The lowest BCUT2D eigenvalue weighted by atomic mass is 9.65. The molecule has 0 spiro atoms. The normalized spacial score (nSPS) is 11.6. The van der Waals surface area contributed by atoms with Crippen LogP contribution >= 0.6 is 30.1 Å². The number of rotatable bonds is 32. The van der Waals surface area contributed by atoms with Crippen LogP contribution in [0.2, 0.25) is 0 Å². The fourth-order valence-corrected chi connectivity index (χ4v) is 16.5. The quantitative estimate of drug-likeness (QED) is 0.0232. The molecule has 488 valence electrons. The van der Waals surface area contributed by atoms with Crippen molar-refractivity contribution in [2.24, 2.45) is 0 Å². The number of anilines is 4. The third kappa shape index (κ3) is 18.0. The maximum absolute atomic E-state index is 14.8. The zero-order chi connectivity index (χ0) is 66.6. The Morgan fingerprint density at radius 2 is 0.392 bits per heavy atom. The molecule has 4 N–H and O–H groups in total. The van der Waals surface area contributed by atoms with Crippen LogP contribution in [0.1, 0.15) is 22.3 Å². The summed E-state index contributed by atoms with van der Waals surface area (Å²) in [7, 11) is -14.6. The Hall–Kier alpha value is -10.8. The molecule has 0 atom stereocenters. The Bertz CT molecular complexity index is 3840. The van der Waals surface area contributed by atoms with Gasteiger partial charge in [-0.2, -0.15) is 0 Å². The van der Waals surface area contributed by atoms with Gasteiger partial charge in [-0.3, -0.25) is 0 Å². The number of nitrogens with one attached hydrogen (secondary N) is 4. The molecule has 19 heteroatoms. The lowest BCUT2D eigenvalue weighted by molar-refractivity contribution is 0.386. The monoisotopic (exact) mass is 1360 g/mol. The van der Waals surface area contributed by atoms with Gasteiger partial charge in [0.1, 0.15) is 71.1 Å². The van der Waals surface area contributed by atoms with E-state index in [0.717, 1.165) is 27.9 Å². The van der Waals surface area contributed by atoms with Gasteiger partial charge in [-0.05, 0) is 174 Å². The van der Waals surface area contributed by atoms with Crippen LogP contribution in [0, 0.1) is 0 Å². The van der Waals surface area contributed by atoms with Crippen LogP contribution in [0.5, 0.6) is 46.0 Å². The predicted molar refractivity (Wildman–Crippen MR) is 392 cm³/mol. The SMILES string of the molecule is C=P(CNc1ccc(C(c2ccc(NCP(=O)(Oc3ccccc3)Oc3ccccc3)cc2)(c2ccc(NCP(=O)(Oc3ccccc3)Oc3ccccc3)cc2)c2ccc(NCP(=O)(Oc3ccccc3)Oc3ccccc3)cc2)cc1)(Oc1ccccc1)Oc1ccccc1. The average Bonchev–Trinajstić information content (AvgIpc) is 0.733. The molecule has 0 amide bonds. The van der Waals surface area contributed by atoms with Crippen molar-refractivity contribution in [3.05, 3.63) is 362 Å². The summed E-state index contributed by atoms with van der Waals surface area (Å²) in [6, 6.07) is 105. The van der Waals surface area contributed by atoms with Gasteiger partial charge in [0.25, 0.3) is 0 Å². The molecule has 12 aromatic rings. The minimum absolute atomic E-state index is 0.179. The zero-order valence-corrected chi connectivity index (χ0v) is 56.2. The molecule has 0 aliphatic heterocycles. The first-order chi connectivity index (χ1) is 47.4. The van der Waals surface area contributed by atoms with Crippen molar-refractivity contribution in [3.8, 4) is 46.0 Å². The van der Waals surface area contributed by atoms with Crippen LogP contribution in [0.15, 0.2) is 340 Å². The van der Waals surface area contributed by atoms with E-state index in [4.69, 9.17) is 36.2 Å². The van der Waals surface area contributed by atoms with E-state index in [1.165, 1.54) is 0 Å². The van der Waals surface area contributed by atoms with E-state index in [2.05, 4.69) is 39.7 Å². The van der Waals surface area contributed by atoms with E-state index in [0.29, 0.717) is 63.1 Å². The third-order valence-electron chi connectivity index (χ3n) is 15.2. The molecule has 0 fully saturated rings. The lowest BCUT2D eigenvalue weighted by Crippen LogP contribution is -2.31. The molecular formula is C78H70N4O11P4. The molecule has 97 heavy (non-hydrogen) atoms. The summed E-state index contributed by atoms with van der Waals surface area (Å²) in [6.45, 7) is 0. The maximum Gasteiger partial charge on any atom is 0.449 e. The first-order valence-electron chi connectivity index (χ1n) is 31.2. The summed E-state index contributed by atoms with van der Waals surface area (Å²) < 4.78 is 94.5. The fraction of sp³-hybridized carbons (Fsp3) is 0.0641. The standard InChI is InChI=1S/C78H70N4O11P4/c1-94(86-70-26-10-2-11-27-70,87-71-28-12-3-13-29-71)58-79-66-50-42-62(43-51-66)78(63-44-52-67(53-45-63)80-59-95(83,88-72-30-14-4-15-31-72)89-73-32-16-5-17-33-73,64-46-54-68(55-47-64)81-60-96(84,90-74-34-18-6-19-35-74)91-75-36-20-7-21-37-75)65-48-56-69(57-49-65)82-61-97(85,92-76-38-22-8-23-39-76)93-77-40-24-9-25-41-77/h2-57,79-82H,1,58-61H2. The highest BCUT2D eigenvalue weighted by molar-refractivity contribution is 7.65. The number of para-hydroxylation sites is 8. The van der Waals surface area contributed by atoms with Crippen molar-refractivity contribution in [1.82, 2.24) is 0 Å². The minimum atomic E-state index is -3.90. The third-order valence-corrected chi connectivity index (χ3v) is 21.5. The van der Waals surface area contributed by atoms with Crippen molar-refractivity contribution in [1.29, 1.82) is 0 Å². The van der Waals surface area contributed by atoms with E-state index in [1.807, 2.05) is 255 Å². The van der Waals surface area contributed by atoms with Gasteiger partial charge in [0.15, 0.2) is 0 Å². The number of hydrogen-bond donors (Lipinski definition) is 4. The molecule has 12 rings (SSSR count). The van der Waals surface area contributed by atoms with Crippen LogP contribution in [0.3, 0.4) is 0 Å². The molecule has 0 aliphatic rings. The molecular weight excluding hydrogens is 1290 g/mol. The summed E-state index contributed by atoms with van der Waals surface area (Å²) >= 11 is 0. The minimum Gasteiger partial charge on any atom is -0.442 e. The highest BCUT2D eigenvalue weighted by atomic mass is 31.2. The molecule has 0 radical (unpaired) electrons. The van der Waals surface area contributed by atoms with E-state index < -0.39 is 35.5 Å². The van der Waals surface area contributed by atoms with Crippen molar-refractivity contribution >= 4 is 59.2 Å². The summed E-state index contributed by atoms with van der Waals surface area (Å²) in [6.07, 6.45) is 4.28. The molecule has 0 aromatic heterocycles. The van der Waals surface area contributed by atoms with Crippen LogP contribution in [0.25, 0.3) is 0 Å². The zero-order valence-electron chi connectivity index (χ0n) is 52.6. The van der Waals surface area contributed by atoms with Crippen molar-refractivity contribution in [2.75, 3.05) is 46.4 Å². The Labute approximate surface area is 565 Å². The maximum atomic E-state index is 14.8. The second kappa shape index (κ2) is 31.2. The van der Waals surface area contributed by atoms with Crippen LogP contribution in [0.4, 0.5) is 22.7 Å². The van der Waals surface area contributed by atoms with Gasteiger partial charge in [-0.25, -0.2) is 13.7 Å². The largest absolute Gasteiger partial charge is 0.449 e. The van der Waals surface area contributed by atoms with Gasteiger partial charge in [0.2, 0.25) is 7.34 Å². The van der Waals surface area contributed by atoms with Crippen molar-refractivity contribution in [2.45, 2.75) is 5.41 Å². The summed E-state index contributed by atoms with van der Waals surface area (Å²) in [5.41, 5.74) is 4.97. The Morgan fingerprint density at radius 1 is 0.227 bits per heavy atom. The van der Waals surface area contributed by atoms with E-state index >= 15 is 0 Å². The first-order valence-corrected chi connectivity index (χ1v) is 38.4. The summed E-state index contributed by atoms with van der Waals surface area (Å²) in [4.78, 5) is 0. The fourth-order valence-electron chi connectivity index (χ4n) is 10.7. The summed E-state index contributed by atoms with van der Waals surface area (Å²) in [5, 5.41) is 13.7. The molecule has 0 unspecified atom stereocenters. The average molecular weight is 1360 g/mol. The van der Waals surface area contributed by atoms with Crippen molar-refractivity contribution < 1.29 is 49.9 Å². The van der Waals surface area contributed by atoms with Crippen molar-refractivity contribution in [3.63, 3.8) is 0 Å². The van der Waals surface area contributed by atoms with Gasteiger partial charge in [-0.15, -0.1) is 0 Å². The van der Waals surface area contributed by atoms with E-state index in [1.54, 1.807) is 72.8 Å². The second-order valence-corrected chi connectivity index (χ2v) is 30.3. The smallest absolute Gasteiger partial charge is 0.442 e. The van der Waals surface area contributed by atoms with Gasteiger partial charge >= 0.3 is 22.8 Å². The molecule has 15 nitrogen and oxygen atoms in total. The molecule has 0 saturated heterocycles. The molecule has 12 aromatic carbocycles. The van der Waals surface area contributed by atoms with E-state index in [9.17, 15) is 13.7 Å². The molecule has 0 saturated carbocycles. The highest BCUT2D eigenvalue weighted by Crippen LogP contribution is 2.53. The topological polar surface area (TPSA) is 173 Å². The Balaban J connectivity index is 0.926. The van der Waals surface area contributed by atoms with Crippen LogP contribution in [-0.2, 0) is 19.1 Å². The molecule has 0 bridgehead atoms. The van der Waals surface area contributed by atoms with Crippen LogP contribution < -0.4 is 57.5 Å². The lowest BCUT2D eigenvalue weighted by Gasteiger charge is -2.37. The van der Waals surface area contributed by atoms with Crippen LogP contribution in [-0.4, -0.2) is 31.4 Å². The number of benzene rings is 12. The number of hydrogen-bond acceptors (Lipinski definition) is 15. The van der Waals surface area contributed by atoms with Gasteiger partial charge in [0, 0.05) is 22.7 Å².